The van der Waals surface area contributed by atoms with Crippen molar-refractivity contribution in [2.24, 2.45) is 0 Å². The summed E-state index contributed by atoms with van der Waals surface area (Å²) in [4.78, 5) is 6.70. The molecule has 2 heterocycles. The van der Waals surface area contributed by atoms with E-state index in [0.717, 1.165) is 56.6 Å². The van der Waals surface area contributed by atoms with Gasteiger partial charge in [0.2, 0.25) is 0 Å². The maximum atomic E-state index is 13.5. The second kappa shape index (κ2) is 9.32. The van der Waals surface area contributed by atoms with E-state index in [0.29, 0.717) is 4.90 Å². The van der Waals surface area contributed by atoms with Gasteiger partial charge in [-0.05, 0) is 22.9 Å². The molecule has 4 N–H and O–H groups in total. The molecule has 0 amide bonds. The standard InChI is InChI=1S/C23H34N4O2S/c1-24-9-13-26(14-10-24)18-22(27-15-11-25(2)12-16-27)19-30(28,29)23-8-7-20-5-3-4-6-21(20)17-23/h3-8,17,22H,9-16,18-19H2,1-2H3/p+4/t22-/m0/s1. The molecule has 2 fully saturated rings. The van der Waals surface area contributed by atoms with Crippen LogP contribution in [0.1, 0.15) is 0 Å². The summed E-state index contributed by atoms with van der Waals surface area (Å²) >= 11 is 0. The second-order valence-electron chi connectivity index (χ2n) is 9.51. The van der Waals surface area contributed by atoms with E-state index in [9.17, 15) is 8.42 Å². The molecule has 6 nitrogen and oxygen atoms in total. The van der Waals surface area contributed by atoms with Gasteiger partial charge in [-0.15, -0.1) is 0 Å². The third kappa shape index (κ3) is 5.21. The van der Waals surface area contributed by atoms with Gasteiger partial charge in [0.1, 0.15) is 64.7 Å². The fourth-order valence-corrected chi connectivity index (χ4v) is 6.69. The SMILES string of the molecule is C[NH+]1CC[NH+](C[C@@H](CS(=O)(=O)c2ccc3ccccc3c2)[NH+]2CC[NH+](C)CC2)CC1. The largest absolute Gasteiger partial charge is 0.328 e. The first-order valence-electron chi connectivity index (χ1n) is 11.4. The van der Waals surface area contributed by atoms with Crippen LogP contribution >= 0.6 is 0 Å². The molecule has 0 spiro atoms. The molecule has 2 aromatic rings. The maximum absolute atomic E-state index is 13.5. The Hall–Kier alpha value is -1.51. The summed E-state index contributed by atoms with van der Waals surface area (Å²) in [5.41, 5.74) is 0. The van der Waals surface area contributed by atoms with Crippen LogP contribution < -0.4 is 19.6 Å². The van der Waals surface area contributed by atoms with Crippen LogP contribution in [-0.4, -0.2) is 93.2 Å². The van der Waals surface area contributed by atoms with Gasteiger partial charge in [-0.25, -0.2) is 8.42 Å². The first kappa shape index (κ1) is 21.7. The molecule has 0 aliphatic carbocycles. The maximum Gasteiger partial charge on any atom is 0.184 e. The Balaban J connectivity index is 1.54. The van der Waals surface area contributed by atoms with Crippen LogP contribution in [0, 0.1) is 0 Å². The number of benzene rings is 2. The van der Waals surface area contributed by atoms with Crippen molar-refractivity contribution in [3.05, 3.63) is 42.5 Å². The molecular weight excluding hydrogens is 396 g/mol. The topological polar surface area (TPSA) is 51.9 Å². The quantitative estimate of drug-likeness (QED) is 0.373. The molecule has 0 saturated carbocycles. The van der Waals surface area contributed by atoms with E-state index in [1.54, 1.807) is 20.8 Å². The summed E-state index contributed by atoms with van der Waals surface area (Å²) in [6.07, 6.45) is 0. The third-order valence-corrected chi connectivity index (χ3v) is 8.98. The molecule has 2 aromatic carbocycles. The fourth-order valence-electron chi connectivity index (χ4n) is 5.03. The van der Waals surface area contributed by atoms with E-state index in [2.05, 4.69) is 14.1 Å². The minimum absolute atomic E-state index is 0.169. The van der Waals surface area contributed by atoms with E-state index >= 15 is 0 Å². The molecule has 1 atom stereocenters. The van der Waals surface area contributed by atoms with E-state index in [1.807, 2.05) is 36.4 Å². The fraction of sp³-hybridized carbons (Fsp3) is 0.565. The molecule has 0 unspecified atom stereocenters. The Morgan fingerprint density at radius 2 is 1.40 bits per heavy atom. The zero-order valence-corrected chi connectivity index (χ0v) is 19.2. The van der Waals surface area contributed by atoms with Gasteiger partial charge < -0.3 is 19.6 Å². The number of likely N-dealkylation sites (N-methyl/N-ethyl adjacent to an activating group) is 2. The highest BCUT2D eigenvalue weighted by Gasteiger charge is 2.36. The molecule has 164 valence electrons. The Morgan fingerprint density at radius 3 is 2.07 bits per heavy atom. The number of fused-ring (bicyclic) bond motifs is 1. The Bertz CT molecular complexity index is 949. The van der Waals surface area contributed by atoms with Crippen molar-refractivity contribution in [1.29, 1.82) is 0 Å². The van der Waals surface area contributed by atoms with Crippen LogP contribution in [0.4, 0.5) is 0 Å². The lowest BCUT2D eigenvalue weighted by molar-refractivity contribution is -1.05. The van der Waals surface area contributed by atoms with Crippen molar-refractivity contribution in [3.8, 4) is 0 Å². The molecule has 0 radical (unpaired) electrons. The normalized spacial score (nSPS) is 29.0. The number of hydrogen-bond acceptors (Lipinski definition) is 2. The van der Waals surface area contributed by atoms with E-state index in [4.69, 9.17) is 0 Å². The summed E-state index contributed by atoms with van der Waals surface area (Å²) in [5, 5.41) is 2.09. The van der Waals surface area contributed by atoms with Gasteiger partial charge in [0.25, 0.3) is 0 Å². The summed E-state index contributed by atoms with van der Waals surface area (Å²) in [7, 11) is 1.18. The average Bonchev–Trinajstić information content (AvgIpc) is 2.75. The highest BCUT2D eigenvalue weighted by atomic mass is 32.2. The van der Waals surface area contributed by atoms with Crippen LogP contribution in [-0.2, 0) is 9.84 Å². The monoisotopic (exact) mass is 434 g/mol. The van der Waals surface area contributed by atoms with Gasteiger partial charge in [0, 0.05) is 0 Å². The second-order valence-corrected chi connectivity index (χ2v) is 11.5. The lowest BCUT2D eigenvalue weighted by Gasteiger charge is -2.35. The first-order chi connectivity index (χ1) is 14.4. The Kier molecular flexibility index (Phi) is 6.75. The van der Waals surface area contributed by atoms with Gasteiger partial charge in [-0.2, -0.15) is 0 Å². The number of nitrogens with one attached hydrogen (secondary N) is 4. The van der Waals surface area contributed by atoms with Crippen LogP contribution in [0.2, 0.25) is 0 Å². The minimum atomic E-state index is -3.32. The third-order valence-electron chi connectivity index (χ3n) is 7.17. The van der Waals surface area contributed by atoms with Gasteiger partial charge in [-0.3, -0.25) is 0 Å². The van der Waals surface area contributed by atoms with Crippen molar-refractivity contribution in [2.45, 2.75) is 10.9 Å². The highest BCUT2D eigenvalue weighted by molar-refractivity contribution is 7.91. The summed E-state index contributed by atoms with van der Waals surface area (Å²) in [5.74, 6) is 0.256. The average molecular weight is 435 g/mol. The highest BCUT2D eigenvalue weighted by Crippen LogP contribution is 2.20. The van der Waals surface area contributed by atoms with Crippen LogP contribution in [0.3, 0.4) is 0 Å². The zero-order valence-electron chi connectivity index (χ0n) is 18.4. The molecular formula is C23H38N4O2S+4. The van der Waals surface area contributed by atoms with Crippen LogP contribution in [0.5, 0.6) is 0 Å². The summed E-state index contributed by atoms with van der Waals surface area (Å²) in [6.45, 7) is 10.0. The van der Waals surface area contributed by atoms with Crippen molar-refractivity contribution in [1.82, 2.24) is 0 Å². The van der Waals surface area contributed by atoms with Gasteiger partial charge in [0.15, 0.2) is 15.9 Å². The Morgan fingerprint density at radius 1 is 0.800 bits per heavy atom. The molecule has 7 heteroatoms. The van der Waals surface area contributed by atoms with Crippen molar-refractivity contribution in [3.63, 3.8) is 0 Å². The zero-order chi connectivity index (χ0) is 21.1. The molecule has 0 aromatic heterocycles. The van der Waals surface area contributed by atoms with Gasteiger partial charge in [-0.1, -0.05) is 30.3 Å². The number of piperazine rings is 2. The van der Waals surface area contributed by atoms with Gasteiger partial charge >= 0.3 is 0 Å². The predicted octanol–water partition coefficient (Wildman–Crippen LogP) is -4.19. The smallest absolute Gasteiger partial charge is 0.184 e. The van der Waals surface area contributed by atoms with E-state index in [1.165, 1.54) is 18.0 Å². The van der Waals surface area contributed by atoms with Crippen molar-refractivity contribution in [2.75, 3.05) is 78.8 Å². The number of sulfone groups is 1. The lowest BCUT2D eigenvalue weighted by Crippen LogP contribution is -3.33. The number of quaternary nitrogens is 4. The molecule has 0 bridgehead atoms. The van der Waals surface area contributed by atoms with Crippen LogP contribution in [0.15, 0.2) is 47.4 Å². The van der Waals surface area contributed by atoms with Crippen molar-refractivity contribution >= 4 is 20.6 Å². The number of rotatable bonds is 6. The number of hydrogen-bond donors (Lipinski definition) is 4. The molecule has 30 heavy (non-hydrogen) atoms. The predicted molar refractivity (Wildman–Crippen MR) is 119 cm³/mol. The van der Waals surface area contributed by atoms with E-state index in [-0.39, 0.29) is 11.8 Å². The Labute approximate surface area is 181 Å². The van der Waals surface area contributed by atoms with Crippen molar-refractivity contribution < 1.29 is 28.0 Å². The molecule has 4 rings (SSSR count). The van der Waals surface area contributed by atoms with Gasteiger partial charge in [0.05, 0.1) is 19.0 Å². The van der Waals surface area contributed by atoms with Crippen LogP contribution in [0.25, 0.3) is 10.8 Å². The molecule has 2 aliphatic rings. The molecule has 2 saturated heterocycles. The minimum Gasteiger partial charge on any atom is -0.328 e. The van der Waals surface area contributed by atoms with E-state index < -0.39 is 9.84 Å². The summed E-state index contributed by atoms with van der Waals surface area (Å²) < 4.78 is 26.9. The molecule has 2 aliphatic heterocycles. The lowest BCUT2D eigenvalue weighted by atomic mass is 10.1. The summed E-state index contributed by atoms with van der Waals surface area (Å²) in [6, 6.07) is 13.8. The first-order valence-corrected chi connectivity index (χ1v) is 13.1.